The molecule has 0 spiro atoms. The minimum atomic E-state index is -0.667. The second-order valence-corrected chi connectivity index (χ2v) is 3.35. The first-order valence-electron chi connectivity index (χ1n) is 3.23. The lowest BCUT2D eigenvalue weighted by Gasteiger charge is -2.21. The van der Waals surface area contributed by atoms with Crippen molar-refractivity contribution in [2.45, 2.75) is 32.4 Å². The molecule has 59 valence electrons. The summed E-state index contributed by atoms with van der Waals surface area (Å²) in [6, 6.07) is -0.667. The summed E-state index contributed by atoms with van der Waals surface area (Å²) < 4.78 is 0. The van der Waals surface area contributed by atoms with E-state index < -0.39 is 6.04 Å². The van der Waals surface area contributed by atoms with E-state index in [1.165, 1.54) is 0 Å². The van der Waals surface area contributed by atoms with Crippen LogP contribution in [0.1, 0.15) is 20.8 Å². The van der Waals surface area contributed by atoms with Crippen molar-refractivity contribution >= 4 is 5.91 Å². The van der Waals surface area contributed by atoms with Crippen LogP contribution >= 0.6 is 0 Å². The molecule has 0 aliphatic heterocycles. The summed E-state index contributed by atoms with van der Waals surface area (Å²) in [5.41, 5.74) is 5.00. The topological polar surface area (TPSA) is 55.1 Å². The van der Waals surface area contributed by atoms with Gasteiger partial charge in [0, 0.05) is 5.54 Å². The molecule has 0 saturated carbocycles. The van der Waals surface area contributed by atoms with Crippen LogP contribution in [-0.2, 0) is 4.79 Å². The molecule has 0 saturated heterocycles. The molecule has 0 bridgehead atoms. The summed E-state index contributed by atoms with van der Waals surface area (Å²) in [5, 5.41) is 2.69. The molecule has 0 aromatic rings. The monoisotopic (exact) mass is 143 g/mol. The fourth-order valence-electron chi connectivity index (χ4n) is 0.462. The lowest BCUT2D eigenvalue weighted by atomic mass is 10.1. The van der Waals surface area contributed by atoms with Crippen molar-refractivity contribution in [3.8, 4) is 0 Å². The normalized spacial score (nSPS) is 14.5. The summed E-state index contributed by atoms with van der Waals surface area (Å²) in [5.74, 6) is -0.215. The van der Waals surface area contributed by atoms with Crippen molar-refractivity contribution in [2.24, 2.45) is 5.73 Å². The number of hydrogen-bond acceptors (Lipinski definition) is 2. The van der Waals surface area contributed by atoms with Crippen molar-refractivity contribution in [2.75, 3.05) is 0 Å². The Hall–Kier alpha value is -0.570. The van der Waals surface area contributed by atoms with Gasteiger partial charge in [0.05, 0.1) is 6.04 Å². The van der Waals surface area contributed by atoms with Crippen LogP contribution in [0.4, 0.5) is 0 Å². The van der Waals surface area contributed by atoms with Gasteiger partial charge in [0.15, 0.2) is 0 Å². The van der Waals surface area contributed by atoms with Gasteiger partial charge in [-0.05, 0) is 27.7 Å². The fourth-order valence-corrected chi connectivity index (χ4v) is 0.462. The largest absolute Gasteiger partial charge is 0.350 e. The van der Waals surface area contributed by atoms with Crippen molar-refractivity contribution < 1.29 is 4.79 Å². The summed E-state index contributed by atoms with van der Waals surface area (Å²) in [4.78, 5) is 10.9. The standard InChI is InChI=1S/C7H15N2O/c1-5(8)6(10)9-7(2,3)4/h5H,1,8H2,2-4H3,(H,9,10). The summed E-state index contributed by atoms with van der Waals surface area (Å²) in [6.45, 7) is 9.08. The highest BCUT2D eigenvalue weighted by molar-refractivity contribution is 5.82. The molecule has 0 aromatic carbocycles. The van der Waals surface area contributed by atoms with Crippen LogP contribution in [0, 0.1) is 6.92 Å². The predicted octanol–water partition coefficient (Wildman–Crippen LogP) is 0.0625. The Morgan fingerprint density at radius 3 is 2.10 bits per heavy atom. The van der Waals surface area contributed by atoms with Crippen LogP contribution in [-0.4, -0.2) is 17.5 Å². The quantitative estimate of drug-likeness (QED) is 0.545. The van der Waals surface area contributed by atoms with Gasteiger partial charge in [0.1, 0.15) is 0 Å². The fraction of sp³-hybridized carbons (Fsp3) is 0.714. The molecule has 10 heavy (non-hydrogen) atoms. The van der Waals surface area contributed by atoms with Gasteiger partial charge in [-0.25, -0.2) is 0 Å². The number of carbonyl (C=O) groups excluding carboxylic acids is 1. The lowest BCUT2D eigenvalue weighted by Crippen LogP contribution is -2.47. The van der Waals surface area contributed by atoms with Crippen LogP contribution in [0.3, 0.4) is 0 Å². The molecule has 3 N–H and O–H groups in total. The SMILES string of the molecule is [CH2]C(N)C(=O)NC(C)(C)C. The summed E-state index contributed by atoms with van der Waals surface area (Å²) in [6.07, 6.45) is 0. The summed E-state index contributed by atoms with van der Waals surface area (Å²) in [7, 11) is 0. The van der Waals surface area contributed by atoms with E-state index in [0.29, 0.717) is 0 Å². The van der Waals surface area contributed by atoms with Crippen molar-refractivity contribution in [1.82, 2.24) is 5.32 Å². The first-order valence-corrected chi connectivity index (χ1v) is 3.23. The molecule has 0 fully saturated rings. The van der Waals surface area contributed by atoms with Gasteiger partial charge in [-0.1, -0.05) is 0 Å². The molecule has 0 rings (SSSR count). The zero-order valence-electron chi connectivity index (χ0n) is 6.77. The maximum Gasteiger partial charge on any atom is 0.237 e. The highest BCUT2D eigenvalue weighted by atomic mass is 16.2. The molecule has 1 amide bonds. The number of carbonyl (C=O) groups is 1. The van der Waals surface area contributed by atoms with Gasteiger partial charge in [-0.15, -0.1) is 0 Å². The zero-order valence-corrected chi connectivity index (χ0v) is 6.77. The van der Waals surface area contributed by atoms with E-state index in [1.54, 1.807) is 0 Å². The Bertz CT molecular complexity index is 124. The van der Waals surface area contributed by atoms with Gasteiger partial charge >= 0.3 is 0 Å². The Morgan fingerprint density at radius 2 is 2.00 bits per heavy atom. The first-order chi connectivity index (χ1) is 4.33. The van der Waals surface area contributed by atoms with E-state index in [9.17, 15) is 4.79 Å². The second kappa shape index (κ2) is 3.01. The smallest absolute Gasteiger partial charge is 0.237 e. The molecule has 3 nitrogen and oxygen atoms in total. The number of amides is 1. The Labute approximate surface area is 62.0 Å². The van der Waals surface area contributed by atoms with Crippen LogP contribution in [0.25, 0.3) is 0 Å². The number of nitrogens with two attached hydrogens (primary N) is 1. The van der Waals surface area contributed by atoms with E-state index in [1.807, 2.05) is 20.8 Å². The van der Waals surface area contributed by atoms with Crippen molar-refractivity contribution in [3.63, 3.8) is 0 Å². The molecule has 0 aliphatic carbocycles. The average Bonchev–Trinajstić information content (AvgIpc) is 1.60. The third-order valence-corrected chi connectivity index (χ3v) is 0.835. The minimum Gasteiger partial charge on any atom is -0.350 e. The van der Waals surface area contributed by atoms with Crippen LogP contribution < -0.4 is 11.1 Å². The van der Waals surface area contributed by atoms with Gasteiger partial charge < -0.3 is 11.1 Å². The molecule has 0 aliphatic rings. The molecular formula is C7H15N2O. The second-order valence-electron chi connectivity index (χ2n) is 3.35. The van der Waals surface area contributed by atoms with E-state index >= 15 is 0 Å². The third kappa shape index (κ3) is 4.32. The Morgan fingerprint density at radius 1 is 1.60 bits per heavy atom. The van der Waals surface area contributed by atoms with Crippen LogP contribution in [0.2, 0.25) is 0 Å². The zero-order chi connectivity index (χ0) is 8.36. The number of hydrogen-bond donors (Lipinski definition) is 2. The number of nitrogens with one attached hydrogen (secondary N) is 1. The Kier molecular flexibility index (Phi) is 2.84. The predicted molar refractivity (Wildman–Crippen MR) is 41.2 cm³/mol. The van der Waals surface area contributed by atoms with E-state index in [-0.39, 0.29) is 11.4 Å². The average molecular weight is 143 g/mol. The third-order valence-electron chi connectivity index (χ3n) is 0.835. The minimum absolute atomic E-state index is 0.215. The maximum absolute atomic E-state index is 10.9. The molecule has 0 heterocycles. The molecule has 1 radical (unpaired) electrons. The highest BCUT2D eigenvalue weighted by Gasteiger charge is 2.15. The molecule has 0 aromatic heterocycles. The summed E-state index contributed by atoms with van der Waals surface area (Å²) >= 11 is 0. The molecule has 1 unspecified atom stereocenters. The van der Waals surface area contributed by atoms with Gasteiger partial charge in [0.25, 0.3) is 0 Å². The Balaban J connectivity index is 3.81. The van der Waals surface area contributed by atoms with Gasteiger partial charge in [-0.3, -0.25) is 4.79 Å². The van der Waals surface area contributed by atoms with Crippen molar-refractivity contribution in [3.05, 3.63) is 6.92 Å². The first kappa shape index (κ1) is 9.43. The van der Waals surface area contributed by atoms with Gasteiger partial charge in [-0.2, -0.15) is 0 Å². The molecular weight excluding hydrogens is 128 g/mol. The lowest BCUT2D eigenvalue weighted by molar-refractivity contribution is -0.122. The van der Waals surface area contributed by atoms with Crippen LogP contribution in [0.5, 0.6) is 0 Å². The van der Waals surface area contributed by atoms with E-state index in [2.05, 4.69) is 12.2 Å². The van der Waals surface area contributed by atoms with E-state index in [4.69, 9.17) is 5.73 Å². The molecule has 1 atom stereocenters. The maximum atomic E-state index is 10.9. The van der Waals surface area contributed by atoms with Crippen molar-refractivity contribution in [1.29, 1.82) is 0 Å². The van der Waals surface area contributed by atoms with Crippen LogP contribution in [0.15, 0.2) is 0 Å². The van der Waals surface area contributed by atoms with Gasteiger partial charge in [0.2, 0.25) is 5.91 Å². The van der Waals surface area contributed by atoms with E-state index in [0.717, 1.165) is 0 Å². The molecule has 3 heteroatoms. The highest BCUT2D eigenvalue weighted by Crippen LogP contribution is 1.97. The number of rotatable bonds is 1.